The first kappa shape index (κ1) is 22.2. The van der Waals surface area contributed by atoms with Crippen LogP contribution >= 0.6 is 0 Å². The van der Waals surface area contributed by atoms with Crippen molar-refractivity contribution in [3.05, 3.63) is 59.3 Å². The highest BCUT2D eigenvalue weighted by molar-refractivity contribution is 7.89. The Bertz CT molecular complexity index is 1280. The molecule has 0 spiro atoms. The van der Waals surface area contributed by atoms with Crippen molar-refractivity contribution in [2.45, 2.75) is 56.8 Å². The molecule has 2 aromatic carbocycles. The van der Waals surface area contributed by atoms with Crippen molar-refractivity contribution in [2.24, 2.45) is 5.92 Å². The van der Waals surface area contributed by atoms with E-state index < -0.39 is 10.0 Å². The normalized spacial score (nSPS) is 19.7. The molecule has 6 nitrogen and oxygen atoms in total. The van der Waals surface area contributed by atoms with Crippen LogP contribution in [-0.4, -0.2) is 36.7 Å². The standard InChI is InChI=1S/C26H31N3O3S/c1-18-9-11-20(12-10-18)27-26(30)19-6-5-15-29(17-19)33(31,32)21-13-14-25-23(16-21)22-7-3-2-4-8-24(22)28-25/h9-14,16,19,28H,2-8,15,17H2,1H3,(H,27,30)/t19-/m0/s1. The maximum atomic E-state index is 13.5. The number of rotatable bonds is 4. The van der Waals surface area contributed by atoms with Crippen LogP contribution in [0.5, 0.6) is 0 Å². The molecule has 5 rings (SSSR count). The summed E-state index contributed by atoms with van der Waals surface area (Å²) in [4.78, 5) is 16.7. The molecule has 0 bridgehead atoms. The fourth-order valence-electron chi connectivity index (χ4n) is 5.13. The zero-order valence-electron chi connectivity index (χ0n) is 19.1. The number of nitrogens with one attached hydrogen (secondary N) is 2. The number of hydrogen-bond acceptors (Lipinski definition) is 3. The van der Waals surface area contributed by atoms with E-state index in [-0.39, 0.29) is 18.4 Å². The van der Waals surface area contributed by atoms with Crippen LogP contribution in [0.15, 0.2) is 47.4 Å². The van der Waals surface area contributed by atoms with Crippen molar-refractivity contribution in [1.82, 2.24) is 9.29 Å². The molecule has 0 unspecified atom stereocenters. The van der Waals surface area contributed by atoms with Crippen molar-refractivity contribution in [3.63, 3.8) is 0 Å². The smallest absolute Gasteiger partial charge is 0.243 e. The van der Waals surface area contributed by atoms with Gasteiger partial charge in [-0.1, -0.05) is 24.1 Å². The number of H-pyrrole nitrogens is 1. The number of carbonyl (C=O) groups is 1. The van der Waals surface area contributed by atoms with Gasteiger partial charge in [-0.15, -0.1) is 0 Å². The monoisotopic (exact) mass is 465 g/mol. The summed E-state index contributed by atoms with van der Waals surface area (Å²) in [6, 6.07) is 13.1. The minimum Gasteiger partial charge on any atom is -0.358 e. The highest BCUT2D eigenvalue weighted by Crippen LogP contribution is 2.32. The van der Waals surface area contributed by atoms with Crippen LogP contribution in [0.2, 0.25) is 0 Å². The van der Waals surface area contributed by atoms with Gasteiger partial charge in [0.2, 0.25) is 15.9 Å². The minimum absolute atomic E-state index is 0.120. The predicted octanol–water partition coefficient (Wildman–Crippen LogP) is 4.78. The molecule has 0 radical (unpaired) electrons. The molecule has 174 valence electrons. The molecule has 33 heavy (non-hydrogen) atoms. The lowest BCUT2D eigenvalue weighted by atomic mass is 9.98. The first-order chi connectivity index (χ1) is 15.9. The van der Waals surface area contributed by atoms with Crippen molar-refractivity contribution in [1.29, 1.82) is 0 Å². The van der Waals surface area contributed by atoms with Gasteiger partial charge < -0.3 is 10.3 Å². The number of aryl methyl sites for hydroxylation is 3. The van der Waals surface area contributed by atoms with Crippen LogP contribution in [-0.2, 0) is 27.7 Å². The minimum atomic E-state index is -3.67. The average Bonchev–Trinajstić information content (AvgIpc) is 3.00. The van der Waals surface area contributed by atoms with Crippen LogP contribution in [0.25, 0.3) is 10.9 Å². The summed E-state index contributed by atoms with van der Waals surface area (Å²) in [5.74, 6) is -0.479. The van der Waals surface area contributed by atoms with Gasteiger partial charge >= 0.3 is 0 Å². The summed E-state index contributed by atoms with van der Waals surface area (Å²) in [5.41, 5.74) is 5.40. The number of benzene rings is 2. The Hall–Kier alpha value is -2.64. The van der Waals surface area contributed by atoms with Gasteiger partial charge in [0.05, 0.1) is 10.8 Å². The van der Waals surface area contributed by atoms with E-state index in [4.69, 9.17) is 0 Å². The lowest BCUT2D eigenvalue weighted by Gasteiger charge is -2.31. The molecule has 1 aliphatic heterocycles. The summed E-state index contributed by atoms with van der Waals surface area (Å²) < 4.78 is 28.6. The maximum Gasteiger partial charge on any atom is 0.243 e. The molecule has 1 amide bonds. The Balaban J connectivity index is 1.36. The van der Waals surface area contributed by atoms with Crippen molar-refractivity contribution in [2.75, 3.05) is 18.4 Å². The second-order valence-electron chi connectivity index (χ2n) is 9.41. The quantitative estimate of drug-likeness (QED) is 0.544. The lowest BCUT2D eigenvalue weighted by molar-refractivity contribution is -0.120. The van der Waals surface area contributed by atoms with E-state index >= 15 is 0 Å². The number of aromatic amines is 1. The number of anilines is 1. The Kier molecular flexibility index (Phi) is 6.01. The molecule has 3 aromatic rings. The fourth-order valence-corrected chi connectivity index (χ4v) is 6.68. The summed E-state index contributed by atoms with van der Waals surface area (Å²) in [6.45, 7) is 2.65. The third-order valence-electron chi connectivity index (χ3n) is 7.03. The van der Waals surface area contributed by atoms with Crippen molar-refractivity contribution < 1.29 is 13.2 Å². The molecular weight excluding hydrogens is 434 g/mol. The molecule has 1 fully saturated rings. The van der Waals surface area contributed by atoms with Gasteiger partial charge in [-0.3, -0.25) is 4.79 Å². The maximum absolute atomic E-state index is 13.5. The topological polar surface area (TPSA) is 82.3 Å². The molecule has 0 saturated carbocycles. The van der Waals surface area contributed by atoms with Gasteiger partial charge in [0.25, 0.3) is 0 Å². The van der Waals surface area contributed by atoms with Crippen LogP contribution in [0.3, 0.4) is 0 Å². The van der Waals surface area contributed by atoms with E-state index in [1.807, 2.05) is 43.3 Å². The largest absolute Gasteiger partial charge is 0.358 e. The molecule has 1 atom stereocenters. The average molecular weight is 466 g/mol. The van der Waals surface area contributed by atoms with E-state index in [2.05, 4.69) is 10.3 Å². The van der Waals surface area contributed by atoms with E-state index in [0.717, 1.165) is 41.4 Å². The van der Waals surface area contributed by atoms with Gasteiger partial charge in [-0.2, -0.15) is 4.31 Å². The van der Waals surface area contributed by atoms with Crippen LogP contribution < -0.4 is 5.32 Å². The number of amides is 1. The first-order valence-electron chi connectivity index (χ1n) is 11.9. The zero-order valence-corrected chi connectivity index (χ0v) is 19.9. The Morgan fingerprint density at radius 3 is 2.64 bits per heavy atom. The lowest BCUT2D eigenvalue weighted by Crippen LogP contribution is -2.43. The van der Waals surface area contributed by atoms with E-state index in [0.29, 0.717) is 24.3 Å². The molecule has 1 saturated heterocycles. The molecule has 1 aliphatic carbocycles. The number of piperidine rings is 1. The number of hydrogen-bond donors (Lipinski definition) is 2. The number of nitrogens with zero attached hydrogens (tertiary/aromatic N) is 1. The van der Waals surface area contributed by atoms with Gasteiger partial charge in [-0.05, 0) is 81.3 Å². The highest BCUT2D eigenvalue weighted by atomic mass is 32.2. The van der Waals surface area contributed by atoms with Crippen LogP contribution in [0.4, 0.5) is 5.69 Å². The van der Waals surface area contributed by atoms with E-state index in [1.54, 1.807) is 6.07 Å². The Morgan fingerprint density at radius 1 is 1.03 bits per heavy atom. The fraction of sp³-hybridized carbons (Fsp3) is 0.423. The van der Waals surface area contributed by atoms with Gasteiger partial charge in [0, 0.05) is 35.4 Å². The Labute approximate surface area is 195 Å². The summed E-state index contributed by atoms with van der Waals surface area (Å²) >= 11 is 0. The molecule has 7 heteroatoms. The number of aromatic nitrogens is 1. The SMILES string of the molecule is Cc1ccc(NC(=O)[C@H]2CCCN(S(=O)(=O)c3ccc4[nH]c5c(c4c3)CCCCC5)C2)cc1. The summed E-state index contributed by atoms with van der Waals surface area (Å²) in [5, 5.41) is 3.97. The summed E-state index contributed by atoms with van der Waals surface area (Å²) in [6.07, 6.45) is 6.90. The molecule has 2 heterocycles. The first-order valence-corrected chi connectivity index (χ1v) is 13.4. The van der Waals surface area contributed by atoms with Crippen molar-refractivity contribution >= 4 is 32.5 Å². The van der Waals surface area contributed by atoms with Crippen LogP contribution in [0, 0.1) is 12.8 Å². The number of sulfonamides is 1. The van der Waals surface area contributed by atoms with Gasteiger partial charge in [0.15, 0.2) is 0 Å². The van der Waals surface area contributed by atoms with E-state index in [9.17, 15) is 13.2 Å². The third-order valence-corrected chi connectivity index (χ3v) is 8.89. The Morgan fingerprint density at radius 2 is 1.82 bits per heavy atom. The molecular formula is C26H31N3O3S. The molecule has 2 aliphatic rings. The highest BCUT2D eigenvalue weighted by Gasteiger charge is 2.33. The number of fused-ring (bicyclic) bond motifs is 3. The number of carbonyl (C=O) groups excluding carboxylic acids is 1. The third kappa shape index (κ3) is 4.44. The molecule has 2 N–H and O–H groups in total. The van der Waals surface area contributed by atoms with E-state index in [1.165, 1.54) is 28.4 Å². The van der Waals surface area contributed by atoms with Crippen LogP contribution in [0.1, 0.15) is 48.9 Å². The summed E-state index contributed by atoms with van der Waals surface area (Å²) in [7, 11) is -3.67. The predicted molar refractivity (Wildman–Crippen MR) is 131 cm³/mol. The second-order valence-corrected chi connectivity index (χ2v) is 11.3. The molecule has 1 aromatic heterocycles. The van der Waals surface area contributed by atoms with Gasteiger partial charge in [-0.25, -0.2) is 8.42 Å². The van der Waals surface area contributed by atoms with Gasteiger partial charge in [0.1, 0.15) is 0 Å². The van der Waals surface area contributed by atoms with Crippen molar-refractivity contribution in [3.8, 4) is 0 Å². The zero-order chi connectivity index (χ0) is 23.0. The second kappa shape index (κ2) is 8.95.